The van der Waals surface area contributed by atoms with Gasteiger partial charge in [0.2, 0.25) is 0 Å². The normalized spacial score (nSPS) is 20.2. The van der Waals surface area contributed by atoms with Gasteiger partial charge in [-0.2, -0.15) is 0 Å². The Morgan fingerprint density at radius 3 is 2.62 bits per heavy atom. The summed E-state index contributed by atoms with van der Waals surface area (Å²) in [6, 6.07) is 3.96. The summed E-state index contributed by atoms with van der Waals surface area (Å²) >= 11 is 0. The van der Waals surface area contributed by atoms with Crippen molar-refractivity contribution in [2.24, 2.45) is 0 Å². The minimum absolute atomic E-state index is 0.0413. The topological polar surface area (TPSA) is 136 Å². The summed E-state index contributed by atoms with van der Waals surface area (Å²) in [4.78, 5) is 49.4. The van der Waals surface area contributed by atoms with Gasteiger partial charge in [0.05, 0.1) is 17.5 Å². The van der Waals surface area contributed by atoms with Crippen LogP contribution in [0.15, 0.2) is 18.2 Å². The Morgan fingerprint density at radius 2 is 2.10 bits per heavy atom. The van der Waals surface area contributed by atoms with Crippen LogP contribution in [0.3, 0.4) is 0 Å². The fraction of sp³-hybridized carbons (Fsp3) is 0.500. The lowest BCUT2D eigenvalue weighted by Crippen LogP contribution is -2.48. The van der Waals surface area contributed by atoms with Gasteiger partial charge >= 0.3 is 6.09 Å². The number of benzene rings is 1. The van der Waals surface area contributed by atoms with Crippen molar-refractivity contribution in [3.8, 4) is 0 Å². The average Bonchev–Trinajstić information content (AvgIpc) is 3.27. The van der Waals surface area contributed by atoms with Crippen molar-refractivity contribution in [1.29, 1.82) is 0 Å². The molecule has 2 saturated heterocycles. The van der Waals surface area contributed by atoms with E-state index in [2.05, 4.69) is 5.43 Å². The Bertz CT molecular complexity index is 844. The molecule has 0 saturated carbocycles. The molecule has 2 amide bonds. The Morgan fingerprint density at radius 1 is 1.38 bits per heavy atom. The standard InChI is InChI=1S/C18H23N5O6/c1-11(2)19-22(5-6-24)17(25)15-8-12(3-4-16(15)23(28)29)20-9-14-7-13(20)10-21(14)18(26)27/h3-4,6,8,11,13-14,19H,5,7,9-10H2,1-2H3,(H,26,27). The Balaban J connectivity index is 1.91. The molecule has 2 aliphatic rings. The number of nitro groups is 1. The van der Waals surface area contributed by atoms with Gasteiger partial charge in [-0.1, -0.05) is 0 Å². The van der Waals surface area contributed by atoms with Crippen LogP contribution in [0, 0.1) is 10.1 Å². The fourth-order valence-electron chi connectivity index (χ4n) is 3.98. The summed E-state index contributed by atoms with van der Waals surface area (Å²) in [7, 11) is 0. The number of nitro benzene ring substituents is 1. The number of piperazine rings is 1. The van der Waals surface area contributed by atoms with E-state index in [1.807, 2.05) is 4.90 Å². The summed E-state index contributed by atoms with van der Waals surface area (Å²) < 4.78 is 0. The second-order valence-electron chi connectivity index (χ2n) is 7.46. The zero-order valence-electron chi connectivity index (χ0n) is 16.1. The number of nitrogens with zero attached hydrogens (tertiary/aromatic N) is 4. The largest absolute Gasteiger partial charge is 0.465 e. The number of hydrazine groups is 1. The molecule has 2 aliphatic heterocycles. The van der Waals surface area contributed by atoms with Crippen molar-refractivity contribution in [2.45, 2.75) is 38.4 Å². The first kappa shape index (κ1) is 20.5. The van der Waals surface area contributed by atoms with Crippen LogP contribution in [0.5, 0.6) is 0 Å². The second-order valence-corrected chi connectivity index (χ2v) is 7.46. The number of carboxylic acid groups (broad SMARTS) is 1. The molecule has 11 nitrogen and oxygen atoms in total. The minimum atomic E-state index is -0.957. The van der Waals surface area contributed by atoms with Gasteiger partial charge in [-0.25, -0.2) is 10.2 Å². The van der Waals surface area contributed by atoms with E-state index in [1.165, 1.54) is 17.0 Å². The molecule has 11 heteroatoms. The number of aldehydes is 1. The van der Waals surface area contributed by atoms with Gasteiger partial charge in [-0.3, -0.25) is 19.9 Å². The molecule has 29 heavy (non-hydrogen) atoms. The number of anilines is 1. The number of carbonyl (C=O) groups is 3. The molecule has 2 heterocycles. The Labute approximate surface area is 167 Å². The van der Waals surface area contributed by atoms with E-state index in [-0.39, 0.29) is 35.9 Å². The summed E-state index contributed by atoms with van der Waals surface area (Å²) in [5, 5.41) is 21.8. The van der Waals surface area contributed by atoms with Crippen LogP contribution >= 0.6 is 0 Å². The molecule has 156 valence electrons. The molecule has 1 aromatic rings. The molecule has 2 N–H and O–H groups in total. The number of amides is 2. The maximum absolute atomic E-state index is 13.0. The van der Waals surface area contributed by atoms with Crippen molar-refractivity contribution in [2.75, 3.05) is 24.5 Å². The maximum Gasteiger partial charge on any atom is 0.407 e. The van der Waals surface area contributed by atoms with E-state index in [0.29, 0.717) is 31.5 Å². The molecule has 0 aromatic heterocycles. The van der Waals surface area contributed by atoms with Gasteiger partial charge < -0.3 is 19.7 Å². The second kappa shape index (κ2) is 8.03. The number of carbonyl (C=O) groups excluding carboxylic acids is 2. The SMILES string of the molecule is CC(C)NN(CC=O)C(=O)c1cc(N2CC3CC2CN3C(=O)O)ccc1[N+](=O)[O-]. The predicted molar refractivity (Wildman–Crippen MR) is 103 cm³/mol. The minimum Gasteiger partial charge on any atom is -0.465 e. The molecule has 1 aromatic carbocycles. The first-order chi connectivity index (χ1) is 13.7. The smallest absolute Gasteiger partial charge is 0.407 e. The van der Waals surface area contributed by atoms with E-state index in [9.17, 15) is 29.6 Å². The van der Waals surface area contributed by atoms with Crippen molar-refractivity contribution < 1.29 is 24.4 Å². The summed E-state index contributed by atoms with van der Waals surface area (Å²) in [6.07, 6.45) is 0.266. The van der Waals surface area contributed by atoms with Crippen LogP contribution < -0.4 is 10.3 Å². The number of nitrogens with one attached hydrogen (secondary N) is 1. The lowest BCUT2D eigenvalue weighted by Gasteiger charge is -2.34. The van der Waals surface area contributed by atoms with Crippen LogP contribution in [-0.2, 0) is 4.79 Å². The zero-order chi connectivity index (χ0) is 21.3. The van der Waals surface area contributed by atoms with Crippen molar-refractivity contribution >= 4 is 29.7 Å². The monoisotopic (exact) mass is 405 g/mol. The van der Waals surface area contributed by atoms with E-state index >= 15 is 0 Å². The van der Waals surface area contributed by atoms with E-state index < -0.39 is 16.9 Å². The summed E-state index contributed by atoms with van der Waals surface area (Å²) in [5.41, 5.74) is 2.97. The summed E-state index contributed by atoms with van der Waals surface area (Å²) in [6.45, 7) is 4.13. The van der Waals surface area contributed by atoms with Crippen molar-refractivity contribution in [3.05, 3.63) is 33.9 Å². The number of fused-ring (bicyclic) bond motifs is 2. The fourth-order valence-corrected chi connectivity index (χ4v) is 3.98. The molecule has 0 aliphatic carbocycles. The van der Waals surface area contributed by atoms with Crippen LogP contribution in [0.1, 0.15) is 30.6 Å². The van der Waals surface area contributed by atoms with Gasteiger partial charge in [-0.05, 0) is 32.4 Å². The third-order valence-electron chi connectivity index (χ3n) is 5.14. The lowest BCUT2D eigenvalue weighted by molar-refractivity contribution is -0.385. The van der Waals surface area contributed by atoms with Crippen LogP contribution in [-0.4, -0.2) is 76.0 Å². The van der Waals surface area contributed by atoms with Gasteiger partial charge in [0.1, 0.15) is 11.8 Å². The third kappa shape index (κ3) is 3.99. The van der Waals surface area contributed by atoms with Crippen molar-refractivity contribution in [3.63, 3.8) is 0 Å². The quantitative estimate of drug-likeness (QED) is 0.391. The first-order valence-corrected chi connectivity index (χ1v) is 9.29. The first-order valence-electron chi connectivity index (χ1n) is 9.29. The molecule has 2 fully saturated rings. The lowest BCUT2D eigenvalue weighted by atomic mass is 10.1. The number of likely N-dealkylation sites (tertiary alicyclic amines) is 1. The van der Waals surface area contributed by atoms with Crippen LogP contribution in [0.2, 0.25) is 0 Å². The van der Waals surface area contributed by atoms with Gasteiger partial charge in [0.25, 0.3) is 11.6 Å². The summed E-state index contributed by atoms with van der Waals surface area (Å²) in [5.74, 6) is -0.670. The molecular weight excluding hydrogens is 382 g/mol. The molecule has 0 radical (unpaired) electrons. The van der Waals surface area contributed by atoms with E-state index in [4.69, 9.17) is 0 Å². The molecule has 0 spiro atoms. The van der Waals surface area contributed by atoms with Crippen LogP contribution in [0.4, 0.5) is 16.2 Å². The highest BCUT2D eigenvalue weighted by atomic mass is 16.6. The maximum atomic E-state index is 13.0. The number of hydrogen-bond donors (Lipinski definition) is 2. The van der Waals surface area contributed by atoms with Gasteiger partial charge in [-0.15, -0.1) is 0 Å². The molecular formula is C18H23N5O6. The molecule has 3 rings (SSSR count). The molecule has 2 atom stereocenters. The highest BCUT2D eigenvalue weighted by Crippen LogP contribution is 2.36. The Kier molecular flexibility index (Phi) is 5.69. The van der Waals surface area contributed by atoms with E-state index in [1.54, 1.807) is 19.9 Å². The zero-order valence-corrected chi connectivity index (χ0v) is 16.1. The van der Waals surface area contributed by atoms with Crippen LogP contribution in [0.25, 0.3) is 0 Å². The highest BCUT2D eigenvalue weighted by Gasteiger charge is 2.45. The predicted octanol–water partition coefficient (Wildman–Crippen LogP) is 1.09. The number of hydrogen-bond acceptors (Lipinski definition) is 7. The Hall–Kier alpha value is -3.21. The highest BCUT2D eigenvalue weighted by molar-refractivity contribution is 5.99. The van der Waals surface area contributed by atoms with Gasteiger partial charge in [0.15, 0.2) is 0 Å². The van der Waals surface area contributed by atoms with E-state index in [0.717, 1.165) is 5.01 Å². The number of rotatable bonds is 7. The van der Waals surface area contributed by atoms with Gasteiger partial charge in [0, 0.05) is 36.9 Å². The molecule has 2 unspecified atom stereocenters. The van der Waals surface area contributed by atoms with Crippen molar-refractivity contribution in [1.82, 2.24) is 15.3 Å². The molecule has 2 bridgehead atoms. The third-order valence-corrected chi connectivity index (χ3v) is 5.14. The average molecular weight is 405 g/mol.